The van der Waals surface area contributed by atoms with Gasteiger partial charge in [-0.2, -0.15) is 0 Å². The number of fused-ring (bicyclic) bond motifs is 1. The van der Waals surface area contributed by atoms with E-state index in [4.69, 9.17) is 15.0 Å². The first-order chi connectivity index (χ1) is 8.77. The maximum Gasteiger partial charge on any atom is 0.269 e. The summed E-state index contributed by atoms with van der Waals surface area (Å²) in [6.45, 7) is 3.70. The molecule has 0 bridgehead atoms. The van der Waals surface area contributed by atoms with Crippen molar-refractivity contribution in [2.75, 3.05) is 14.2 Å². The van der Waals surface area contributed by atoms with E-state index in [-0.39, 0.29) is 5.56 Å². The molecule has 3 N–H and O–H groups in total. The Morgan fingerprint density at radius 1 is 1.11 bits per heavy atom. The fourth-order valence-corrected chi connectivity index (χ4v) is 1.12. The lowest BCUT2D eigenvalue weighted by Gasteiger charge is -1.96. The summed E-state index contributed by atoms with van der Waals surface area (Å²) in [4.78, 5) is 26.0. The van der Waals surface area contributed by atoms with Gasteiger partial charge in [0.25, 0.3) is 5.56 Å². The number of aliphatic hydroxyl groups excluding tert-OH is 2. The number of benzene rings is 1. The van der Waals surface area contributed by atoms with Crippen LogP contribution in [0.3, 0.4) is 0 Å². The molecule has 0 aliphatic carbocycles. The summed E-state index contributed by atoms with van der Waals surface area (Å²) in [6.07, 6.45) is 0. The van der Waals surface area contributed by atoms with E-state index in [1.165, 1.54) is 0 Å². The van der Waals surface area contributed by atoms with Gasteiger partial charge in [0.05, 0.1) is 11.0 Å². The van der Waals surface area contributed by atoms with Crippen molar-refractivity contribution in [1.29, 1.82) is 0 Å². The number of carbonyl (C=O) groups excluding carboxylic acids is 1. The Bertz CT molecular complexity index is 497. The Morgan fingerprint density at radius 3 is 2.17 bits per heavy atom. The van der Waals surface area contributed by atoms with Gasteiger partial charge >= 0.3 is 0 Å². The molecule has 1 heterocycles. The number of aryl methyl sites for hydroxylation is 1. The molecule has 0 spiro atoms. The number of aromatic nitrogens is 2. The molecule has 0 fully saturated rings. The van der Waals surface area contributed by atoms with Crippen molar-refractivity contribution >= 4 is 17.8 Å². The first-order valence-corrected chi connectivity index (χ1v) is 4.91. The van der Waals surface area contributed by atoms with Crippen molar-refractivity contribution in [3.63, 3.8) is 0 Å². The smallest absolute Gasteiger partial charge is 0.269 e. The van der Waals surface area contributed by atoms with Crippen LogP contribution in [0, 0.1) is 6.92 Å². The highest BCUT2D eigenvalue weighted by Gasteiger charge is 1.97. The molecule has 6 nitrogen and oxygen atoms in total. The van der Waals surface area contributed by atoms with Gasteiger partial charge in [-0.05, 0) is 19.1 Å². The van der Waals surface area contributed by atoms with Crippen molar-refractivity contribution in [3.8, 4) is 0 Å². The van der Waals surface area contributed by atoms with Crippen LogP contribution >= 0.6 is 0 Å². The van der Waals surface area contributed by atoms with Gasteiger partial charge in [0.1, 0.15) is 12.5 Å². The number of nitrogens with one attached hydrogen (secondary N) is 1. The van der Waals surface area contributed by atoms with Crippen LogP contribution in [0.2, 0.25) is 0 Å². The molecular formula is C12H18N2O4. The number of rotatable bonds is 0. The van der Waals surface area contributed by atoms with Crippen LogP contribution in [-0.4, -0.2) is 41.2 Å². The van der Waals surface area contributed by atoms with Gasteiger partial charge in [0, 0.05) is 14.2 Å². The van der Waals surface area contributed by atoms with E-state index in [0.29, 0.717) is 5.69 Å². The van der Waals surface area contributed by atoms with E-state index < -0.39 is 0 Å². The number of aromatic amines is 1. The number of para-hydroxylation sites is 2. The molecule has 1 aromatic carbocycles. The van der Waals surface area contributed by atoms with Crippen molar-refractivity contribution in [1.82, 2.24) is 9.97 Å². The van der Waals surface area contributed by atoms with Crippen LogP contribution in [0.5, 0.6) is 0 Å². The average Bonchev–Trinajstić information content (AvgIpc) is 2.47. The number of carbonyl (C=O) groups is 1. The average molecular weight is 254 g/mol. The fraction of sp³-hybridized carbons (Fsp3) is 0.250. The zero-order valence-electron chi connectivity index (χ0n) is 10.7. The second kappa shape index (κ2) is 11.4. The van der Waals surface area contributed by atoms with Crippen LogP contribution < -0.4 is 5.56 Å². The molecule has 2 rings (SSSR count). The Hall–Kier alpha value is -2.05. The van der Waals surface area contributed by atoms with Crippen molar-refractivity contribution < 1.29 is 15.0 Å². The predicted molar refractivity (Wildman–Crippen MR) is 70.5 cm³/mol. The molecule has 0 aliphatic heterocycles. The second-order valence-electron chi connectivity index (χ2n) is 2.67. The number of hydrogen-bond acceptors (Lipinski definition) is 5. The number of H-pyrrole nitrogens is 1. The predicted octanol–water partition coefficient (Wildman–Crippen LogP) is 0.264. The monoisotopic (exact) mass is 254 g/mol. The van der Waals surface area contributed by atoms with Gasteiger partial charge in [0.15, 0.2) is 0 Å². The SMILES string of the molecule is C=O.CO.CO.Cc1nc2ccccc2[nH]c1=O. The number of hydrogen-bond donors (Lipinski definition) is 3. The molecular weight excluding hydrogens is 236 g/mol. The van der Waals surface area contributed by atoms with Gasteiger partial charge in [-0.3, -0.25) is 4.79 Å². The molecule has 0 unspecified atom stereocenters. The van der Waals surface area contributed by atoms with E-state index in [0.717, 1.165) is 25.3 Å². The van der Waals surface area contributed by atoms with Gasteiger partial charge in [0.2, 0.25) is 0 Å². The molecule has 100 valence electrons. The van der Waals surface area contributed by atoms with E-state index in [2.05, 4.69) is 9.97 Å². The standard InChI is InChI=1S/C9H8N2O.2CH4O.CH2O/c1-6-9(12)11-8-5-3-2-4-7(8)10-6;3*1-2/h2-5H,1H3,(H,11,12);2*2H,1H3;1H2. The van der Waals surface area contributed by atoms with Gasteiger partial charge in [-0.15, -0.1) is 0 Å². The molecule has 0 radical (unpaired) electrons. The molecule has 6 heteroatoms. The maximum atomic E-state index is 11.1. The lowest BCUT2D eigenvalue weighted by Crippen LogP contribution is -2.11. The van der Waals surface area contributed by atoms with Crippen LogP contribution in [0.1, 0.15) is 5.69 Å². The lowest BCUT2D eigenvalue weighted by atomic mass is 10.3. The molecule has 0 amide bonds. The van der Waals surface area contributed by atoms with Gasteiger partial charge in [-0.1, -0.05) is 12.1 Å². The van der Waals surface area contributed by atoms with E-state index in [1.54, 1.807) is 6.92 Å². The molecule has 0 atom stereocenters. The summed E-state index contributed by atoms with van der Waals surface area (Å²) in [5.41, 5.74) is 2.00. The number of aliphatic hydroxyl groups is 2. The third-order valence-electron chi connectivity index (χ3n) is 1.77. The largest absolute Gasteiger partial charge is 0.400 e. The van der Waals surface area contributed by atoms with Crippen molar-refractivity contribution in [2.24, 2.45) is 0 Å². The minimum absolute atomic E-state index is 0.117. The third kappa shape index (κ3) is 5.33. The Kier molecular flexibility index (Phi) is 11.6. The minimum atomic E-state index is -0.117. The Balaban J connectivity index is 0. The van der Waals surface area contributed by atoms with E-state index in [1.807, 2.05) is 31.1 Å². The van der Waals surface area contributed by atoms with E-state index in [9.17, 15) is 4.79 Å². The molecule has 0 saturated heterocycles. The summed E-state index contributed by atoms with van der Waals surface area (Å²) < 4.78 is 0. The summed E-state index contributed by atoms with van der Waals surface area (Å²) >= 11 is 0. The first kappa shape index (κ1) is 18.3. The zero-order chi connectivity index (χ0) is 14.6. The minimum Gasteiger partial charge on any atom is -0.400 e. The summed E-state index contributed by atoms with van der Waals surface area (Å²) in [5, 5.41) is 14.0. The highest BCUT2D eigenvalue weighted by molar-refractivity contribution is 5.73. The Morgan fingerprint density at radius 2 is 1.61 bits per heavy atom. The van der Waals surface area contributed by atoms with Crippen LogP contribution in [0.25, 0.3) is 11.0 Å². The summed E-state index contributed by atoms with van der Waals surface area (Å²) in [5.74, 6) is 0. The topological polar surface area (TPSA) is 103 Å². The highest BCUT2D eigenvalue weighted by Crippen LogP contribution is 2.04. The van der Waals surface area contributed by atoms with Crippen molar-refractivity contribution in [3.05, 3.63) is 40.3 Å². The zero-order valence-corrected chi connectivity index (χ0v) is 10.7. The van der Waals surface area contributed by atoms with Crippen molar-refractivity contribution in [2.45, 2.75) is 6.92 Å². The lowest BCUT2D eigenvalue weighted by molar-refractivity contribution is -0.0979. The molecule has 0 aliphatic rings. The normalized spacial score (nSPS) is 7.83. The van der Waals surface area contributed by atoms with E-state index >= 15 is 0 Å². The summed E-state index contributed by atoms with van der Waals surface area (Å²) in [7, 11) is 2.00. The first-order valence-electron chi connectivity index (χ1n) is 4.91. The Labute approximate surface area is 105 Å². The maximum absolute atomic E-state index is 11.1. The molecule has 0 saturated carbocycles. The fourth-order valence-electron chi connectivity index (χ4n) is 1.12. The summed E-state index contributed by atoms with van der Waals surface area (Å²) in [6, 6.07) is 7.48. The molecule has 18 heavy (non-hydrogen) atoms. The van der Waals surface area contributed by atoms with Crippen LogP contribution in [0.4, 0.5) is 0 Å². The van der Waals surface area contributed by atoms with Gasteiger partial charge in [-0.25, -0.2) is 4.98 Å². The van der Waals surface area contributed by atoms with Crippen LogP contribution in [0.15, 0.2) is 29.1 Å². The van der Waals surface area contributed by atoms with Crippen LogP contribution in [-0.2, 0) is 4.79 Å². The third-order valence-corrected chi connectivity index (χ3v) is 1.77. The van der Waals surface area contributed by atoms with Gasteiger partial charge < -0.3 is 20.0 Å². The quantitative estimate of drug-likeness (QED) is 0.626. The highest BCUT2D eigenvalue weighted by atomic mass is 16.2. The molecule has 2 aromatic rings. The molecule has 1 aromatic heterocycles. The number of nitrogens with zero attached hydrogens (tertiary/aromatic N) is 1. The second-order valence-corrected chi connectivity index (χ2v) is 2.67.